The molecule has 1 rings (SSSR count). The molecule has 0 aromatic heterocycles. The molecule has 1 aromatic carbocycles. The smallest absolute Gasteiger partial charge is 0.307 e. The summed E-state index contributed by atoms with van der Waals surface area (Å²) in [4.78, 5) is 22.2. The van der Waals surface area contributed by atoms with Gasteiger partial charge in [0.1, 0.15) is 0 Å². The lowest BCUT2D eigenvalue weighted by molar-refractivity contribution is -0.136. The minimum Gasteiger partial charge on any atom is -0.481 e. The van der Waals surface area contributed by atoms with Crippen molar-refractivity contribution in [3.8, 4) is 0 Å². The number of benzene rings is 1. The Morgan fingerprint density at radius 1 is 1.44 bits per heavy atom. The van der Waals surface area contributed by atoms with Gasteiger partial charge in [0.05, 0.1) is 6.42 Å². The summed E-state index contributed by atoms with van der Waals surface area (Å²) in [6.07, 6.45) is 0.949. The summed E-state index contributed by atoms with van der Waals surface area (Å²) in [5.41, 5.74) is 6.94. The zero-order chi connectivity index (χ0) is 13.5. The molecule has 0 fully saturated rings. The molecular weight excluding hydrogens is 232 g/mol. The van der Waals surface area contributed by atoms with Gasteiger partial charge < -0.3 is 16.2 Å². The molecule has 0 heterocycles. The second-order valence-corrected chi connectivity index (χ2v) is 4.19. The summed E-state index contributed by atoms with van der Waals surface area (Å²) in [7, 11) is 0. The fourth-order valence-corrected chi connectivity index (χ4v) is 1.53. The van der Waals surface area contributed by atoms with Crippen LogP contribution in [0.5, 0.6) is 0 Å². The predicted molar refractivity (Wildman–Crippen MR) is 69.3 cm³/mol. The van der Waals surface area contributed by atoms with Crippen molar-refractivity contribution in [1.29, 1.82) is 0 Å². The van der Waals surface area contributed by atoms with Crippen molar-refractivity contribution in [2.24, 2.45) is 5.73 Å². The first-order chi connectivity index (χ1) is 8.51. The van der Waals surface area contributed by atoms with Crippen LogP contribution in [-0.4, -0.2) is 23.0 Å². The molecule has 0 saturated carbocycles. The number of hydrogen-bond acceptors (Lipinski definition) is 3. The van der Waals surface area contributed by atoms with Crippen molar-refractivity contribution >= 4 is 17.6 Å². The Labute approximate surface area is 106 Å². The minimum atomic E-state index is -0.897. The highest BCUT2D eigenvalue weighted by Gasteiger charge is 2.08. The third-order valence-electron chi connectivity index (χ3n) is 2.54. The highest BCUT2D eigenvalue weighted by molar-refractivity contribution is 5.91. The van der Waals surface area contributed by atoms with Crippen LogP contribution in [0.3, 0.4) is 0 Å². The van der Waals surface area contributed by atoms with Gasteiger partial charge in [-0.25, -0.2) is 0 Å². The summed E-state index contributed by atoms with van der Waals surface area (Å²) >= 11 is 0. The summed E-state index contributed by atoms with van der Waals surface area (Å²) in [6.45, 7) is 1.92. The standard InChI is InChI=1S/C13H18N2O3/c1-2-10(14)8-12(16)15-11-5-3-4-9(6-11)7-13(17)18/h3-6,10H,2,7-8,14H2,1H3,(H,15,16)(H,17,18). The Kier molecular flexibility index (Phi) is 5.32. The van der Waals surface area contributed by atoms with Gasteiger partial charge in [-0.2, -0.15) is 0 Å². The number of carbonyl (C=O) groups is 2. The molecule has 1 atom stereocenters. The van der Waals surface area contributed by atoms with E-state index in [1.54, 1.807) is 24.3 Å². The van der Waals surface area contributed by atoms with Crippen LogP contribution in [0, 0.1) is 0 Å². The third-order valence-corrected chi connectivity index (χ3v) is 2.54. The van der Waals surface area contributed by atoms with Gasteiger partial charge in [0.25, 0.3) is 0 Å². The molecule has 0 spiro atoms. The normalized spacial score (nSPS) is 11.9. The number of nitrogens with one attached hydrogen (secondary N) is 1. The topological polar surface area (TPSA) is 92.4 Å². The maximum Gasteiger partial charge on any atom is 0.307 e. The van der Waals surface area contributed by atoms with Gasteiger partial charge in [-0.3, -0.25) is 9.59 Å². The summed E-state index contributed by atoms with van der Waals surface area (Å²) in [5, 5.41) is 11.4. The number of carboxylic acid groups (broad SMARTS) is 1. The highest BCUT2D eigenvalue weighted by atomic mass is 16.4. The van der Waals surface area contributed by atoms with Crippen LogP contribution in [0.2, 0.25) is 0 Å². The quantitative estimate of drug-likeness (QED) is 0.711. The van der Waals surface area contributed by atoms with Crippen LogP contribution in [0.4, 0.5) is 5.69 Å². The van der Waals surface area contributed by atoms with Crippen molar-refractivity contribution in [3.05, 3.63) is 29.8 Å². The molecule has 0 radical (unpaired) electrons. The van der Waals surface area contributed by atoms with Gasteiger partial charge in [0.2, 0.25) is 5.91 Å². The van der Waals surface area contributed by atoms with Gasteiger partial charge in [-0.1, -0.05) is 19.1 Å². The number of hydrogen-bond donors (Lipinski definition) is 3. The lowest BCUT2D eigenvalue weighted by atomic mass is 10.1. The molecule has 0 aliphatic heterocycles. The number of rotatable bonds is 6. The van der Waals surface area contributed by atoms with Crippen LogP contribution in [-0.2, 0) is 16.0 Å². The molecule has 98 valence electrons. The third kappa shape index (κ3) is 4.97. The molecule has 5 nitrogen and oxygen atoms in total. The van der Waals surface area contributed by atoms with E-state index in [0.29, 0.717) is 11.3 Å². The maximum absolute atomic E-state index is 11.6. The summed E-state index contributed by atoms with van der Waals surface area (Å²) < 4.78 is 0. The van der Waals surface area contributed by atoms with Gasteiger partial charge in [-0.05, 0) is 24.1 Å². The van der Waals surface area contributed by atoms with E-state index < -0.39 is 5.97 Å². The first-order valence-electron chi connectivity index (χ1n) is 5.87. The van der Waals surface area contributed by atoms with Crippen LogP contribution in [0.15, 0.2) is 24.3 Å². The van der Waals surface area contributed by atoms with E-state index in [0.717, 1.165) is 6.42 Å². The van der Waals surface area contributed by atoms with E-state index in [2.05, 4.69) is 5.32 Å². The fourth-order valence-electron chi connectivity index (χ4n) is 1.53. The van der Waals surface area contributed by atoms with Gasteiger partial charge >= 0.3 is 5.97 Å². The van der Waals surface area contributed by atoms with Crippen molar-refractivity contribution < 1.29 is 14.7 Å². The number of amides is 1. The molecule has 1 aromatic rings. The Hall–Kier alpha value is -1.88. The minimum absolute atomic E-state index is 0.0574. The molecule has 0 aliphatic carbocycles. The van der Waals surface area contributed by atoms with E-state index in [-0.39, 0.29) is 24.8 Å². The predicted octanol–water partition coefficient (Wildman–Crippen LogP) is 1.38. The second kappa shape index (κ2) is 6.76. The highest BCUT2D eigenvalue weighted by Crippen LogP contribution is 2.12. The molecular formula is C13H18N2O3. The Balaban J connectivity index is 2.61. The zero-order valence-electron chi connectivity index (χ0n) is 10.3. The zero-order valence-corrected chi connectivity index (χ0v) is 10.3. The van der Waals surface area contributed by atoms with Gasteiger partial charge in [0, 0.05) is 18.2 Å². The van der Waals surface area contributed by atoms with Gasteiger partial charge in [-0.15, -0.1) is 0 Å². The van der Waals surface area contributed by atoms with E-state index in [1.807, 2.05) is 6.92 Å². The Bertz CT molecular complexity index is 432. The largest absolute Gasteiger partial charge is 0.481 e. The van der Waals surface area contributed by atoms with Crippen molar-refractivity contribution in [1.82, 2.24) is 0 Å². The average Bonchev–Trinajstić information content (AvgIpc) is 2.28. The Morgan fingerprint density at radius 2 is 2.17 bits per heavy atom. The van der Waals surface area contributed by atoms with E-state index in [4.69, 9.17) is 10.8 Å². The second-order valence-electron chi connectivity index (χ2n) is 4.19. The van der Waals surface area contributed by atoms with E-state index >= 15 is 0 Å². The SMILES string of the molecule is CCC(N)CC(=O)Nc1cccc(CC(=O)O)c1. The number of anilines is 1. The molecule has 0 aliphatic rings. The molecule has 0 saturated heterocycles. The Morgan fingerprint density at radius 3 is 2.78 bits per heavy atom. The van der Waals surface area contributed by atoms with Crippen LogP contribution in [0.1, 0.15) is 25.3 Å². The number of nitrogens with two attached hydrogens (primary N) is 1. The van der Waals surface area contributed by atoms with Crippen LogP contribution < -0.4 is 11.1 Å². The van der Waals surface area contributed by atoms with Crippen LogP contribution in [0.25, 0.3) is 0 Å². The molecule has 4 N–H and O–H groups in total. The van der Waals surface area contributed by atoms with Gasteiger partial charge in [0.15, 0.2) is 0 Å². The monoisotopic (exact) mass is 250 g/mol. The van der Waals surface area contributed by atoms with Crippen molar-refractivity contribution in [2.45, 2.75) is 32.2 Å². The molecule has 18 heavy (non-hydrogen) atoms. The number of aliphatic carboxylic acids is 1. The first-order valence-corrected chi connectivity index (χ1v) is 5.87. The molecule has 1 unspecified atom stereocenters. The molecule has 1 amide bonds. The lowest BCUT2D eigenvalue weighted by Gasteiger charge is -2.10. The first kappa shape index (κ1) is 14.2. The lowest BCUT2D eigenvalue weighted by Crippen LogP contribution is -2.26. The van der Waals surface area contributed by atoms with E-state index in [1.165, 1.54) is 0 Å². The average molecular weight is 250 g/mol. The summed E-state index contributed by atoms with van der Waals surface area (Å²) in [6, 6.07) is 6.66. The fraction of sp³-hybridized carbons (Fsp3) is 0.385. The van der Waals surface area contributed by atoms with Crippen molar-refractivity contribution in [3.63, 3.8) is 0 Å². The molecule has 5 heteroatoms. The van der Waals surface area contributed by atoms with Crippen molar-refractivity contribution in [2.75, 3.05) is 5.32 Å². The van der Waals surface area contributed by atoms with E-state index in [9.17, 15) is 9.59 Å². The number of carbonyl (C=O) groups excluding carboxylic acids is 1. The van der Waals surface area contributed by atoms with Crippen LogP contribution >= 0.6 is 0 Å². The molecule has 0 bridgehead atoms. The number of carboxylic acids is 1. The summed E-state index contributed by atoms with van der Waals surface area (Å²) in [5.74, 6) is -1.05. The maximum atomic E-state index is 11.6.